The van der Waals surface area contributed by atoms with Gasteiger partial charge in [-0.15, -0.1) is 0 Å². The van der Waals surface area contributed by atoms with Gasteiger partial charge in [-0.25, -0.2) is 0 Å². The van der Waals surface area contributed by atoms with E-state index >= 15 is 0 Å². The number of ether oxygens (including phenoxy) is 1. The molecule has 6 nitrogen and oxygen atoms in total. The van der Waals surface area contributed by atoms with Crippen LogP contribution in [0.25, 0.3) is 0 Å². The maximum atomic E-state index is 11.9. The van der Waals surface area contributed by atoms with Crippen molar-refractivity contribution < 1.29 is 18.7 Å². The number of anilines is 2. The van der Waals surface area contributed by atoms with Crippen LogP contribution in [-0.4, -0.2) is 18.4 Å². The normalized spacial score (nSPS) is 12.8. The number of amides is 2. The molecule has 6 heteroatoms. The van der Waals surface area contributed by atoms with E-state index in [-0.39, 0.29) is 11.8 Å². The number of para-hydroxylation sites is 2. The number of carbonyl (C=O) groups is 2. The Morgan fingerprint density at radius 1 is 0.806 bits per heavy atom. The summed E-state index contributed by atoms with van der Waals surface area (Å²) < 4.78 is 10.4. The van der Waals surface area contributed by atoms with Gasteiger partial charge in [-0.2, -0.15) is 0 Å². The van der Waals surface area contributed by atoms with Crippen molar-refractivity contribution >= 4 is 23.2 Å². The van der Waals surface area contributed by atoms with Gasteiger partial charge in [0.25, 0.3) is 11.8 Å². The van der Waals surface area contributed by atoms with E-state index in [1.54, 1.807) is 13.0 Å². The lowest BCUT2D eigenvalue weighted by molar-refractivity contribution is -0.113. The van der Waals surface area contributed by atoms with Gasteiger partial charge in [0.1, 0.15) is 11.5 Å². The smallest absolute Gasteiger partial charge is 0.259 e. The summed E-state index contributed by atoms with van der Waals surface area (Å²) in [7, 11) is 0. The lowest BCUT2D eigenvalue weighted by Crippen LogP contribution is -2.19. The van der Waals surface area contributed by atoms with Gasteiger partial charge in [0, 0.05) is 11.4 Å². The van der Waals surface area contributed by atoms with Crippen LogP contribution in [0.1, 0.15) is 35.9 Å². The maximum Gasteiger partial charge on any atom is 0.259 e. The lowest BCUT2D eigenvalue weighted by atomic mass is 10.1. The summed E-state index contributed by atoms with van der Waals surface area (Å²) in [5, 5.41) is 5.65. The molecule has 1 aromatic heterocycles. The molecule has 2 amide bonds. The molecule has 0 saturated carbocycles. The van der Waals surface area contributed by atoms with E-state index in [1.807, 2.05) is 67.6 Å². The van der Waals surface area contributed by atoms with Gasteiger partial charge < -0.3 is 19.8 Å². The minimum absolute atomic E-state index is 0.0524. The van der Waals surface area contributed by atoms with Crippen molar-refractivity contribution in [1.29, 1.82) is 0 Å². The summed E-state index contributed by atoms with van der Waals surface area (Å²) >= 11 is 0. The number of aryl methyl sites for hydroxylation is 1. The number of benzene rings is 2. The zero-order valence-electron chi connectivity index (χ0n) is 17.7. The number of furan rings is 1. The molecule has 0 radical (unpaired) electrons. The Labute approximate surface area is 181 Å². The van der Waals surface area contributed by atoms with Crippen LogP contribution in [0.5, 0.6) is 0 Å². The highest BCUT2D eigenvalue weighted by molar-refractivity contribution is 6.05. The van der Waals surface area contributed by atoms with Crippen LogP contribution in [0.15, 0.2) is 88.7 Å². The molecule has 2 N–H and O–H groups in total. The number of hydrogen-bond acceptors (Lipinski definition) is 4. The third-order valence-electron chi connectivity index (χ3n) is 4.76. The van der Waals surface area contributed by atoms with E-state index < -0.39 is 0 Å². The standard InChI is InChI=1S/C13H15NO2.C12H11NO2/c1-10-12(8-5-9-16-10)13(15)14-11-6-3-2-4-7-11;1-9-11(7-8-15-9)12(14)13-10-5-3-2-4-6-10/h2-4,6-7H,5,8-9H2,1H3,(H,14,15);2-8H,1H3,(H,13,14). The van der Waals surface area contributed by atoms with Crippen molar-refractivity contribution in [3.63, 3.8) is 0 Å². The summed E-state index contributed by atoms with van der Waals surface area (Å²) in [4.78, 5) is 23.7. The second-order valence-corrected chi connectivity index (χ2v) is 7.02. The van der Waals surface area contributed by atoms with E-state index in [1.165, 1.54) is 6.26 Å². The van der Waals surface area contributed by atoms with E-state index in [0.29, 0.717) is 17.9 Å². The van der Waals surface area contributed by atoms with Gasteiger partial charge in [0.2, 0.25) is 0 Å². The molecule has 0 saturated heterocycles. The van der Waals surface area contributed by atoms with Crippen LogP contribution in [0.4, 0.5) is 11.4 Å². The van der Waals surface area contributed by atoms with Gasteiger partial charge in [0.05, 0.1) is 24.0 Å². The first-order valence-electron chi connectivity index (χ1n) is 10.1. The molecule has 0 unspecified atom stereocenters. The quantitative estimate of drug-likeness (QED) is 0.582. The molecule has 0 spiro atoms. The largest absolute Gasteiger partial charge is 0.498 e. The highest BCUT2D eigenvalue weighted by atomic mass is 16.5. The average Bonchev–Trinajstić information content (AvgIpc) is 3.22. The Kier molecular flexibility index (Phi) is 7.65. The zero-order valence-corrected chi connectivity index (χ0v) is 17.7. The van der Waals surface area contributed by atoms with Crippen molar-refractivity contribution in [3.05, 3.63) is 95.6 Å². The highest BCUT2D eigenvalue weighted by Crippen LogP contribution is 2.20. The molecule has 3 aromatic rings. The average molecular weight is 418 g/mol. The van der Waals surface area contributed by atoms with Gasteiger partial charge in [-0.3, -0.25) is 9.59 Å². The Morgan fingerprint density at radius 2 is 1.39 bits per heavy atom. The predicted molar refractivity (Wildman–Crippen MR) is 121 cm³/mol. The summed E-state index contributed by atoms with van der Waals surface area (Å²) in [5.41, 5.74) is 2.93. The molecule has 2 heterocycles. The molecule has 31 heavy (non-hydrogen) atoms. The Bertz CT molecular complexity index is 1040. The minimum atomic E-state index is -0.146. The lowest BCUT2D eigenvalue weighted by Gasteiger charge is -2.18. The zero-order chi connectivity index (χ0) is 22.1. The third-order valence-corrected chi connectivity index (χ3v) is 4.76. The van der Waals surface area contributed by atoms with E-state index in [4.69, 9.17) is 9.15 Å². The van der Waals surface area contributed by atoms with Crippen LogP contribution >= 0.6 is 0 Å². The molecule has 4 rings (SSSR count). The van der Waals surface area contributed by atoms with E-state index in [2.05, 4.69) is 10.6 Å². The van der Waals surface area contributed by atoms with Crippen LogP contribution in [0, 0.1) is 6.92 Å². The van der Waals surface area contributed by atoms with Crippen LogP contribution in [0.2, 0.25) is 0 Å². The topological polar surface area (TPSA) is 80.6 Å². The molecular weight excluding hydrogens is 392 g/mol. The first-order valence-corrected chi connectivity index (χ1v) is 10.1. The molecule has 0 atom stereocenters. The number of allylic oxidation sites excluding steroid dienone is 1. The van der Waals surface area contributed by atoms with Crippen molar-refractivity contribution in [2.45, 2.75) is 26.7 Å². The number of nitrogens with one attached hydrogen (secondary N) is 2. The van der Waals surface area contributed by atoms with Crippen molar-refractivity contribution in [1.82, 2.24) is 0 Å². The third kappa shape index (κ3) is 6.34. The fourth-order valence-corrected chi connectivity index (χ4v) is 3.08. The Morgan fingerprint density at radius 3 is 1.90 bits per heavy atom. The second kappa shape index (κ2) is 10.8. The first-order chi connectivity index (χ1) is 15.0. The van der Waals surface area contributed by atoms with Gasteiger partial charge >= 0.3 is 0 Å². The minimum Gasteiger partial charge on any atom is -0.498 e. The van der Waals surface area contributed by atoms with Gasteiger partial charge in [0.15, 0.2) is 0 Å². The predicted octanol–water partition coefficient (Wildman–Crippen LogP) is 5.55. The Balaban J connectivity index is 0.000000176. The summed E-state index contributed by atoms with van der Waals surface area (Å²) in [6, 6.07) is 20.4. The molecule has 1 aliphatic rings. The summed E-state index contributed by atoms with van der Waals surface area (Å²) in [6.45, 7) is 4.33. The molecule has 1 aliphatic heterocycles. The van der Waals surface area contributed by atoms with Crippen molar-refractivity contribution in [2.75, 3.05) is 17.2 Å². The molecule has 0 fully saturated rings. The van der Waals surface area contributed by atoms with E-state index in [9.17, 15) is 9.59 Å². The van der Waals surface area contributed by atoms with Gasteiger partial charge in [-0.1, -0.05) is 36.4 Å². The monoisotopic (exact) mass is 418 g/mol. The Hall–Kier alpha value is -3.80. The molecule has 2 aromatic carbocycles. The van der Waals surface area contributed by atoms with Crippen LogP contribution in [-0.2, 0) is 9.53 Å². The highest BCUT2D eigenvalue weighted by Gasteiger charge is 2.17. The molecule has 0 aliphatic carbocycles. The van der Waals surface area contributed by atoms with Crippen molar-refractivity contribution in [2.24, 2.45) is 0 Å². The fourth-order valence-electron chi connectivity index (χ4n) is 3.08. The molecular formula is C25H26N2O4. The van der Waals surface area contributed by atoms with Crippen molar-refractivity contribution in [3.8, 4) is 0 Å². The maximum absolute atomic E-state index is 11.9. The van der Waals surface area contributed by atoms with Crippen LogP contribution < -0.4 is 10.6 Å². The molecule has 0 bridgehead atoms. The SMILES string of the molecule is CC1=C(C(=O)Nc2ccccc2)CCCO1.Cc1occc1C(=O)Nc1ccccc1. The summed E-state index contributed by atoms with van der Waals surface area (Å²) in [5.74, 6) is 1.18. The second-order valence-electron chi connectivity index (χ2n) is 7.02. The summed E-state index contributed by atoms with van der Waals surface area (Å²) in [6.07, 6.45) is 3.22. The number of hydrogen-bond donors (Lipinski definition) is 2. The number of carbonyl (C=O) groups excluding carboxylic acids is 2. The first kappa shape index (κ1) is 21.9. The van der Waals surface area contributed by atoms with E-state index in [0.717, 1.165) is 35.5 Å². The molecule has 160 valence electrons. The van der Waals surface area contributed by atoms with Crippen LogP contribution in [0.3, 0.4) is 0 Å². The number of rotatable bonds is 4. The fraction of sp³-hybridized carbons (Fsp3) is 0.200. The van der Waals surface area contributed by atoms with Gasteiger partial charge in [-0.05, 0) is 57.0 Å².